The van der Waals surface area contributed by atoms with Gasteiger partial charge in [-0.1, -0.05) is 0 Å². The van der Waals surface area contributed by atoms with Gasteiger partial charge in [0.05, 0.1) is 0 Å². The van der Waals surface area contributed by atoms with Gasteiger partial charge < -0.3 is 0 Å². The van der Waals surface area contributed by atoms with E-state index in [1.54, 1.807) is 0 Å². The molecular weight excluding hydrogens is 179 g/mol. The fourth-order valence-corrected chi connectivity index (χ4v) is 1.62. The van der Waals surface area contributed by atoms with E-state index in [1.807, 2.05) is 0 Å². The molecule has 0 aromatic rings. The van der Waals surface area contributed by atoms with Crippen LogP contribution in [0.15, 0.2) is 11.7 Å². The molecule has 0 N–H and O–H groups in total. The lowest BCUT2D eigenvalue weighted by Gasteiger charge is -2.25. The smallest absolute Gasteiger partial charge is 0.229 e. The van der Waals surface area contributed by atoms with Gasteiger partial charge in [0.25, 0.3) is 5.92 Å². The molecule has 0 heterocycles. The van der Waals surface area contributed by atoms with Gasteiger partial charge in [0.2, 0.25) is 5.67 Å². The van der Waals surface area contributed by atoms with Gasteiger partial charge in [0, 0.05) is 18.8 Å². The lowest BCUT2D eigenvalue weighted by atomic mass is 9.99. The average molecular weight is 183 g/mol. The molecule has 1 radical (unpaired) electrons. The summed E-state index contributed by atoms with van der Waals surface area (Å²) in [5.74, 6) is -7.57. The SMILES string of the molecule is FC1=C(F)C2(F)C[C]1CC2(F)F. The van der Waals surface area contributed by atoms with Gasteiger partial charge in [-0.2, -0.15) is 0 Å². The Balaban J connectivity index is 2.51. The van der Waals surface area contributed by atoms with E-state index < -0.39 is 42.0 Å². The highest BCUT2D eigenvalue weighted by molar-refractivity contribution is 5.45. The first-order valence-corrected chi connectivity index (χ1v) is 3.36. The Morgan fingerprint density at radius 1 is 1.00 bits per heavy atom. The Morgan fingerprint density at radius 3 is 1.92 bits per heavy atom. The molecule has 1 unspecified atom stereocenters. The molecule has 2 aliphatic rings. The van der Waals surface area contributed by atoms with Crippen molar-refractivity contribution in [3.8, 4) is 0 Å². The zero-order valence-electron chi connectivity index (χ0n) is 5.80. The molecule has 2 rings (SSSR count). The number of alkyl halides is 3. The summed E-state index contributed by atoms with van der Waals surface area (Å²) in [7, 11) is 0. The number of halogens is 5. The molecule has 1 saturated carbocycles. The molecule has 1 atom stereocenters. The topological polar surface area (TPSA) is 0 Å². The molecular formula is C7H4F5. The van der Waals surface area contributed by atoms with Gasteiger partial charge in [-0.25, -0.2) is 22.0 Å². The molecule has 2 aliphatic carbocycles. The van der Waals surface area contributed by atoms with Crippen LogP contribution in [0.5, 0.6) is 0 Å². The second-order valence-electron chi connectivity index (χ2n) is 3.09. The van der Waals surface area contributed by atoms with E-state index >= 15 is 0 Å². The zero-order valence-corrected chi connectivity index (χ0v) is 5.80. The standard InChI is InChI=1S/C7H4F5/c8-4-3-1-6(10,5(4)9)7(11,12)2-3/h1-2H2. The summed E-state index contributed by atoms with van der Waals surface area (Å²) in [5, 5.41) is 0. The number of hydrogen-bond acceptors (Lipinski definition) is 0. The first kappa shape index (κ1) is 8.01. The zero-order chi connectivity index (χ0) is 9.15. The van der Waals surface area contributed by atoms with E-state index in [1.165, 1.54) is 0 Å². The predicted molar refractivity (Wildman–Crippen MR) is 30.5 cm³/mol. The number of allylic oxidation sites excluding steroid dienone is 2. The van der Waals surface area contributed by atoms with E-state index in [9.17, 15) is 22.0 Å². The molecule has 0 spiro atoms. The van der Waals surface area contributed by atoms with Gasteiger partial charge in [0.1, 0.15) is 5.83 Å². The van der Waals surface area contributed by atoms with Gasteiger partial charge in [-0.3, -0.25) is 0 Å². The molecule has 5 heteroatoms. The Labute approximate surface area is 65.1 Å². The summed E-state index contributed by atoms with van der Waals surface area (Å²) in [6, 6.07) is 0. The van der Waals surface area contributed by atoms with Crippen molar-refractivity contribution in [3.63, 3.8) is 0 Å². The lowest BCUT2D eigenvalue weighted by molar-refractivity contribution is -0.106. The molecule has 0 amide bonds. The van der Waals surface area contributed by atoms with Crippen molar-refractivity contribution in [2.75, 3.05) is 0 Å². The summed E-state index contributed by atoms with van der Waals surface area (Å²) in [6.45, 7) is 0. The highest BCUT2D eigenvalue weighted by Gasteiger charge is 2.71. The second-order valence-corrected chi connectivity index (χ2v) is 3.09. The maximum absolute atomic E-state index is 13.1. The Bertz CT molecular complexity index is 269. The van der Waals surface area contributed by atoms with Crippen LogP contribution in [0.4, 0.5) is 22.0 Å². The van der Waals surface area contributed by atoms with Gasteiger partial charge in [-0.05, 0) is 0 Å². The van der Waals surface area contributed by atoms with Crippen LogP contribution in [-0.2, 0) is 0 Å². The third-order valence-electron chi connectivity index (χ3n) is 2.32. The number of rotatable bonds is 0. The van der Waals surface area contributed by atoms with E-state index in [4.69, 9.17) is 0 Å². The summed E-state index contributed by atoms with van der Waals surface area (Å²) >= 11 is 0. The summed E-state index contributed by atoms with van der Waals surface area (Å²) < 4.78 is 63.3. The minimum Gasteiger partial charge on any atom is -0.229 e. The van der Waals surface area contributed by atoms with E-state index in [2.05, 4.69) is 0 Å². The fourth-order valence-electron chi connectivity index (χ4n) is 1.62. The molecule has 1 fully saturated rings. The summed E-state index contributed by atoms with van der Waals surface area (Å²) in [5.41, 5.74) is -3.40. The normalized spacial score (nSPS) is 39.8. The van der Waals surface area contributed by atoms with Gasteiger partial charge in [-0.15, -0.1) is 0 Å². The van der Waals surface area contributed by atoms with Crippen LogP contribution in [0.3, 0.4) is 0 Å². The lowest BCUT2D eigenvalue weighted by Crippen LogP contribution is -2.40. The second kappa shape index (κ2) is 1.83. The molecule has 0 aromatic heterocycles. The molecule has 67 valence electrons. The largest absolute Gasteiger partial charge is 0.289 e. The fraction of sp³-hybridized carbons (Fsp3) is 0.571. The van der Waals surface area contributed by atoms with Gasteiger partial charge >= 0.3 is 0 Å². The van der Waals surface area contributed by atoms with Crippen LogP contribution in [-0.4, -0.2) is 11.6 Å². The maximum atomic E-state index is 13.1. The molecule has 0 nitrogen and oxygen atoms in total. The molecule has 12 heavy (non-hydrogen) atoms. The highest BCUT2D eigenvalue weighted by Crippen LogP contribution is 2.62. The molecule has 0 aromatic carbocycles. The highest BCUT2D eigenvalue weighted by atomic mass is 19.3. The first-order chi connectivity index (χ1) is 5.38. The Hall–Kier alpha value is -0.610. The van der Waals surface area contributed by atoms with Crippen molar-refractivity contribution < 1.29 is 22.0 Å². The van der Waals surface area contributed by atoms with Crippen LogP contribution in [0.1, 0.15) is 12.8 Å². The van der Waals surface area contributed by atoms with Crippen molar-refractivity contribution in [2.45, 2.75) is 24.4 Å². The summed E-state index contributed by atoms with van der Waals surface area (Å²) in [6.07, 6.45) is -1.83. The van der Waals surface area contributed by atoms with Crippen molar-refractivity contribution in [3.05, 3.63) is 17.6 Å². The third kappa shape index (κ3) is 0.630. The van der Waals surface area contributed by atoms with Crippen LogP contribution in [0.25, 0.3) is 0 Å². The molecule has 0 saturated heterocycles. The molecule has 2 bridgehead atoms. The van der Waals surface area contributed by atoms with Crippen LogP contribution in [0, 0.1) is 5.92 Å². The number of fused-ring (bicyclic) bond motifs is 2. The average Bonchev–Trinajstić information content (AvgIpc) is 2.29. The quantitative estimate of drug-likeness (QED) is 0.506. The number of hydrogen-bond donors (Lipinski definition) is 0. The van der Waals surface area contributed by atoms with E-state index in [-0.39, 0.29) is 0 Å². The first-order valence-electron chi connectivity index (χ1n) is 3.36. The van der Waals surface area contributed by atoms with Crippen molar-refractivity contribution in [2.24, 2.45) is 0 Å². The van der Waals surface area contributed by atoms with Crippen LogP contribution >= 0.6 is 0 Å². The van der Waals surface area contributed by atoms with E-state index in [0.717, 1.165) is 0 Å². The van der Waals surface area contributed by atoms with Gasteiger partial charge in [0.15, 0.2) is 5.83 Å². The Kier molecular flexibility index (Phi) is 1.22. The monoisotopic (exact) mass is 183 g/mol. The van der Waals surface area contributed by atoms with Crippen LogP contribution < -0.4 is 0 Å². The molecule has 0 aliphatic heterocycles. The minimum absolute atomic E-state index is 0.444. The van der Waals surface area contributed by atoms with Crippen molar-refractivity contribution in [1.82, 2.24) is 0 Å². The Morgan fingerprint density at radius 2 is 1.58 bits per heavy atom. The predicted octanol–water partition coefficient (Wildman–Crippen LogP) is 2.86. The van der Waals surface area contributed by atoms with Crippen molar-refractivity contribution >= 4 is 0 Å². The van der Waals surface area contributed by atoms with Crippen molar-refractivity contribution in [1.29, 1.82) is 0 Å². The summed E-state index contributed by atoms with van der Waals surface area (Å²) in [4.78, 5) is 0. The van der Waals surface area contributed by atoms with Crippen LogP contribution in [0.2, 0.25) is 0 Å². The third-order valence-corrected chi connectivity index (χ3v) is 2.32. The minimum atomic E-state index is -3.78. The van der Waals surface area contributed by atoms with E-state index in [0.29, 0.717) is 0 Å². The maximum Gasteiger partial charge on any atom is 0.289 e.